The topological polar surface area (TPSA) is 99.1 Å². The minimum Gasteiger partial charge on any atom is -0.458 e. The predicted octanol–water partition coefficient (Wildman–Crippen LogP) is 3.29. The first kappa shape index (κ1) is 23.9. The Labute approximate surface area is 200 Å². The van der Waals surface area contributed by atoms with Gasteiger partial charge in [-0.15, -0.1) is 0 Å². The van der Waals surface area contributed by atoms with Gasteiger partial charge in [0.2, 0.25) is 5.78 Å². The number of carbonyl (C=O) groups is 3. The van der Waals surface area contributed by atoms with E-state index in [0.717, 1.165) is 24.8 Å². The number of ketones is 2. The lowest BCUT2D eigenvalue weighted by molar-refractivity contribution is -0.201. The second kappa shape index (κ2) is 8.10. The molecule has 9 atom stereocenters. The van der Waals surface area contributed by atoms with Crippen LogP contribution in [0.25, 0.3) is 0 Å². The minimum absolute atomic E-state index is 0.00949. The van der Waals surface area contributed by atoms with Crippen molar-refractivity contribution in [1.29, 1.82) is 0 Å². The van der Waals surface area contributed by atoms with E-state index >= 15 is 0 Å². The summed E-state index contributed by atoms with van der Waals surface area (Å²) in [6.07, 6.45) is 8.04. The highest BCUT2D eigenvalue weighted by Gasteiger charge is 2.75. The fourth-order valence-corrected chi connectivity index (χ4v) is 8.28. The van der Waals surface area contributed by atoms with Crippen LogP contribution in [0.3, 0.4) is 0 Å². The molecule has 0 radical (unpaired) electrons. The van der Waals surface area contributed by atoms with E-state index in [1.807, 2.05) is 13.0 Å². The number of esters is 1. The van der Waals surface area contributed by atoms with Crippen LogP contribution in [-0.2, 0) is 28.6 Å². The molecule has 3 saturated carbocycles. The molecule has 1 N–H and O–H groups in total. The van der Waals surface area contributed by atoms with Crippen molar-refractivity contribution in [3.8, 4) is 0 Å². The number of ether oxygens (including phenoxy) is 3. The van der Waals surface area contributed by atoms with Gasteiger partial charge < -0.3 is 19.3 Å². The average molecular weight is 473 g/mol. The molecule has 7 nitrogen and oxygen atoms in total. The third-order valence-corrected chi connectivity index (χ3v) is 9.63. The first-order valence-corrected chi connectivity index (χ1v) is 12.7. The van der Waals surface area contributed by atoms with Crippen molar-refractivity contribution in [1.82, 2.24) is 0 Å². The molecule has 0 aromatic heterocycles. The molecule has 1 saturated heterocycles. The van der Waals surface area contributed by atoms with E-state index in [1.54, 1.807) is 12.2 Å². The summed E-state index contributed by atoms with van der Waals surface area (Å²) in [5, 5.41) is 11.7. The van der Waals surface area contributed by atoms with Crippen LogP contribution in [0.1, 0.15) is 66.2 Å². The van der Waals surface area contributed by atoms with Crippen LogP contribution in [0.5, 0.6) is 0 Å². The molecular weight excluding hydrogens is 436 g/mol. The maximum Gasteiger partial charge on any atom is 0.303 e. The fourth-order valence-electron chi connectivity index (χ4n) is 8.28. The SMILES string of the molecule is CCC[C@H]1O[C@@H]2C[C@H]3[C@@H]4CCC5=CC(=O)C=C[C@]5(C)[C@H]4[C@@H](O)C[C@]3(C)[C@]2(C(=O)COC(C)=O)O1. The number of aliphatic hydroxyl groups excluding tert-OH is 1. The van der Waals surface area contributed by atoms with Crippen molar-refractivity contribution in [3.63, 3.8) is 0 Å². The van der Waals surface area contributed by atoms with Crippen molar-refractivity contribution in [2.45, 2.75) is 90.3 Å². The molecular formula is C27H36O7. The molecule has 0 unspecified atom stereocenters. The van der Waals surface area contributed by atoms with Crippen LogP contribution in [-0.4, -0.2) is 53.3 Å². The maximum absolute atomic E-state index is 13.7. The van der Waals surface area contributed by atoms with Crippen molar-refractivity contribution in [2.75, 3.05) is 6.61 Å². The molecule has 0 spiro atoms. The third-order valence-electron chi connectivity index (χ3n) is 9.63. The Balaban J connectivity index is 1.53. The van der Waals surface area contributed by atoms with Gasteiger partial charge in [-0.05, 0) is 56.1 Å². The van der Waals surface area contributed by atoms with Crippen LogP contribution in [0.2, 0.25) is 0 Å². The van der Waals surface area contributed by atoms with Gasteiger partial charge in [-0.1, -0.05) is 38.8 Å². The Kier molecular flexibility index (Phi) is 5.69. The second-order valence-electron chi connectivity index (χ2n) is 11.3. The van der Waals surface area contributed by atoms with Gasteiger partial charge in [0.1, 0.15) is 0 Å². The first-order chi connectivity index (χ1) is 16.1. The van der Waals surface area contributed by atoms with E-state index < -0.39 is 35.5 Å². The van der Waals surface area contributed by atoms with E-state index in [-0.39, 0.29) is 41.3 Å². The lowest BCUT2D eigenvalue weighted by Crippen LogP contribution is -2.63. The highest BCUT2D eigenvalue weighted by molar-refractivity contribution is 6.01. The Morgan fingerprint density at radius 1 is 1.29 bits per heavy atom. The zero-order valence-electron chi connectivity index (χ0n) is 20.5. The molecule has 0 aromatic rings. The maximum atomic E-state index is 13.7. The monoisotopic (exact) mass is 472 g/mol. The molecule has 34 heavy (non-hydrogen) atoms. The number of hydrogen-bond donors (Lipinski definition) is 1. The van der Waals surface area contributed by atoms with E-state index in [2.05, 4.69) is 13.8 Å². The summed E-state index contributed by atoms with van der Waals surface area (Å²) in [6, 6.07) is 0. The lowest BCUT2D eigenvalue weighted by Gasteiger charge is -2.59. The largest absolute Gasteiger partial charge is 0.458 e. The van der Waals surface area contributed by atoms with Crippen LogP contribution in [0.15, 0.2) is 23.8 Å². The molecule has 0 amide bonds. The van der Waals surface area contributed by atoms with Crippen LogP contribution in [0, 0.1) is 28.6 Å². The quantitative estimate of drug-likeness (QED) is 0.613. The number of Topliss-reactive ketones (excluding diaryl/α,β-unsaturated/α-hetero) is 1. The molecule has 186 valence electrons. The molecule has 1 heterocycles. The van der Waals surface area contributed by atoms with Crippen LogP contribution >= 0.6 is 0 Å². The Hall–Kier alpha value is -1.83. The molecule has 1 aliphatic heterocycles. The summed E-state index contributed by atoms with van der Waals surface area (Å²) in [5.74, 6) is -0.538. The predicted molar refractivity (Wildman–Crippen MR) is 122 cm³/mol. The molecule has 4 aliphatic carbocycles. The van der Waals surface area contributed by atoms with Crippen molar-refractivity contribution >= 4 is 17.5 Å². The minimum atomic E-state index is -1.24. The highest BCUT2D eigenvalue weighted by atomic mass is 16.7. The van der Waals surface area contributed by atoms with E-state index in [9.17, 15) is 19.5 Å². The van der Waals surface area contributed by atoms with Crippen molar-refractivity contribution < 1.29 is 33.7 Å². The normalized spacial score (nSPS) is 46.7. The van der Waals surface area contributed by atoms with Gasteiger partial charge in [-0.25, -0.2) is 0 Å². The smallest absolute Gasteiger partial charge is 0.303 e. The van der Waals surface area contributed by atoms with Gasteiger partial charge in [-0.2, -0.15) is 0 Å². The van der Waals surface area contributed by atoms with Gasteiger partial charge in [0.25, 0.3) is 0 Å². The molecule has 7 heteroatoms. The van der Waals surface area contributed by atoms with Crippen LogP contribution < -0.4 is 0 Å². The number of hydrogen-bond acceptors (Lipinski definition) is 7. The Morgan fingerprint density at radius 2 is 2.06 bits per heavy atom. The second-order valence-corrected chi connectivity index (χ2v) is 11.3. The van der Waals surface area contributed by atoms with Gasteiger partial charge in [0.15, 0.2) is 24.3 Å². The number of aliphatic hydroxyl groups is 1. The summed E-state index contributed by atoms with van der Waals surface area (Å²) in [7, 11) is 0. The number of allylic oxidation sites excluding steroid dienone is 4. The van der Waals surface area contributed by atoms with Gasteiger partial charge in [0.05, 0.1) is 12.2 Å². The summed E-state index contributed by atoms with van der Waals surface area (Å²) in [6.45, 7) is 7.18. The Morgan fingerprint density at radius 3 is 2.76 bits per heavy atom. The van der Waals surface area contributed by atoms with E-state index in [1.165, 1.54) is 6.92 Å². The van der Waals surface area contributed by atoms with Crippen molar-refractivity contribution in [2.24, 2.45) is 28.6 Å². The molecule has 5 rings (SSSR count). The fraction of sp³-hybridized carbons (Fsp3) is 0.741. The summed E-state index contributed by atoms with van der Waals surface area (Å²) in [5.41, 5.74) is -1.17. The zero-order valence-corrected chi connectivity index (χ0v) is 20.5. The standard InChI is InChI=1S/C27H36O7/c1-5-6-23-33-22-12-19-18-8-7-16-11-17(29)9-10-25(16,3)24(18)20(30)13-26(19,4)27(22,34-23)21(31)14-32-15(2)28/h9-11,18-20,22-24,30H,5-8,12-14H2,1-4H3/t18-,19-,20-,22+,23-,24+,25-,26-,27+/m0/s1. The van der Waals surface area contributed by atoms with Crippen LogP contribution in [0.4, 0.5) is 0 Å². The van der Waals surface area contributed by atoms with Crippen molar-refractivity contribution in [3.05, 3.63) is 23.8 Å². The highest BCUT2D eigenvalue weighted by Crippen LogP contribution is 2.69. The van der Waals surface area contributed by atoms with Gasteiger partial charge in [0, 0.05) is 23.7 Å². The van der Waals surface area contributed by atoms with E-state index in [4.69, 9.17) is 14.2 Å². The number of carbonyl (C=O) groups excluding carboxylic acids is 3. The summed E-state index contributed by atoms with van der Waals surface area (Å²) in [4.78, 5) is 37.3. The summed E-state index contributed by atoms with van der Waals surface area (Å²) >= 11 is 0. The summed E-state index contributed by atoms with van der Waals surface area (Å²) < 4.78 is 18.0. The Bertz CT molecular complexity index is 968. The molecule has 0 aromatic carbocycles. The third kappa shape index (κ3) is 3.16. The molecule has 4 fully saturated rings. The van der Waals surface area contributed by atoms with E-state index in [0.29, 0.717) is 19.3 Å². The van der Waals surface area contributed by atoms with Gasteiger partial charge in [-0.3, -0.25) is 14.4 Å². The zero-order chi connectivity index (χ0) is 24.5. The van der Waals surface area contributed by atoms with Gasteiger partial charge >= 0.3 is 5.97 Å². The average Bonchev–Trinajstić information content (AvgIpc) is 3.25. The molecule has 0 bridgehead atoms. The lowest BCUT2D eigenvalue weighted by atomic mass is 9.46. The number of rotatable bonds is 5. The first-order valence-electron chi connectivity index (χ1n) is 12.7. The molecule has 5 aliphatic rings. The number of fused-ring (bicyclic) bond motifs is 7.